The Kier molecular flexibility index (Phi) is 4.62. The average Bonchev–Trinajstić information content (AvgIpc) is 2.70. The van der Waals surface area contributed by atoms with Gasteiger partial charge in [-0.3, -0.25) is 0 Å². The maximum Gasteiger partial charge on any atom is 0.335 e. The number of carbonyl (C=O) groups is 1. The molecule has 1 aromatic rings. The molecule has 1 aliphatic carbocycles. The van der Waals surface area contributed by atoms with Gasteiger partial charge in [-0.2, -0.15) is 0 Å². The molecular formula is C19H22O3. The molecule has 0 atom stereocenters. The van der Waals surface area contributed by atoms with Crippen molar-refractivity contribution in [3.05, 3.63) is 53.8 Å². The van der Waals surface area contributed by atoms with Crippen molar-refractivity contribution < 1.29 is 14.3 Å². The minimum atomic E-state index is -0.492. The van der Waals surface area contributed by atoms with Crippen molar-refractivity contribution in [2.45, 2.75) is 44.1 Å². The molecule has 0 radical (unpaired) electrons. The third-order valence-corrected chi connectivity index (χ3v) is 4.35. The summed E-state index contributed by atoms with van der Waals surface area (Å²) in [6, 6.07) is 10.1. The monoisotopic (exact) mass is 298 g/mol. The third kappa shape index (κ3) is 3.41. The first kappa shape index (κ1) is 14.9. The fraction of sp³-hybridized carbons (Fsp3) is 0.421. The lowest BCUT2D eigenvalue weighted by Crippen LogP contribution is -2.32. The van der Waals surface area contributed by atoms with E-state index < -0.39 is 5.60 Å². The van der Waals surface area contributed by atoms with Gasteiger partial charge in [-0.15, -0.1) is 0 Å². The van der Waals surface area contributed by atoms with Crippen molar-refractivity contribution >= 4 is 12.0 Å². The van der Waals surface area contributed by atoms with E-state index in [0.29, 0.717) is 6.61 Å². The molecule has 0 aromatic heterocycles. The third-order valence-electron chi connectivity index (χ3n) is 4.35. The van der Waals surface area contributed by atoms with E-state index in [0.717, 1.165) is 37.0 Å². The van der Waals surface area contributed by atoms with E-state index in [1.807, 2.05) is 42.5 Å². The highest BCUT2D eigenvalue weighted by atomic mass is 16.6. The van der Waals surface area contributed by atoms with Crippen LogP contribution in [0.1, 0.15) is 44.1 Å². The van der Waals surface area contributed by atoms with Crippen molar-refractivity contribution in [3.63, 3.8) is 0 Å². The Morgan fingerprint density at radius 3 is 2.55 bits per heavy atom. The predicted molar refractivity (Wildman–Crippen MR) is 86.0 cm³/mol. The maximum atomic E-state index is 11.7. The van der Waals surface area contributed by atoms with Crippen LogP contribution < -0.4 is 0 Å². The van der Waals surface area contributed by atoms with Crippen LogP contribution in [0.25, 0.3) is 6.08 Å². The zero-order valence-corrected chi connectivity index (χ0v) is 12.8. The molecule has 0 bridgehead atoms. The van der Waals surface area contributed by atoms with E-state index >= 15 is 0 Å². The van der Waals surface area contributed by atoms with Crippen molar-refractivity contribution in [1.29, 1.82) is 0 Å². The highest BCUT2D eigenvalue weighted by Gasteiger charge is 2.44. The van der Waals surface area contributed by atoms with Crippen LogP contribution in [0.4, 0.5) is 0 Å². The first-order valence-electron chi connectivity index (χ1n) is 8.08. The van der Waals surface area contributed by atoms with Gasteiger partial charge in [0.15, 0.2) is 5.60 Å². The van der Waals surface area contributed by atoms with Crippen molar-refractivity contribution in [3.8, 4) is 0 Å². The second-order valence-electron chi connectivity index (χ2n) is 5.96. The maximum absolute atomic E-state index is 11.7. The first-order valence-corrected chi connectivity index (χ1v) is 8.08. The zero-order chi connectivity index (χ0) is 15.3. The summed E-state index contributed by atoms with van der Waals surface area (Å²) >= 11 is 0. The van der Waals surface area contributed by atoms with Crippen LogP contribution in [0.15, 0.2) is 48.2 Å². The van der Waals surface area contributed by atoms with Crippen LogP contribution in [-0.2, 0) is 14.3 Å². The molecule has 22 heavy (non-hydrogen) atoms. The Morgan fingerprint density at radius 2 is 1.82 bits per heavy atom. The van der Waals surface area contributed by atoms with Gasteiger partial charge in [0.25, 0.3) is 0 Å². The smallest absolute Gasteiger partial charge is 0.335 e. The largest absolute Gasteiger partial charge is 0.489 e. The molecule has 3 rings (SSSR count). The van der Waals surface area contributed by atoms with Gasteiger partial charge in [0.1, 0.15) is 12.4 Å². The number of rotatable bonds is 4. The van der Waals surface area contributed by atoms with E-state index in [1.165, 1.54) is 18.9 Å². The Balaban J connectivity index is 1.61. The molecular weight excluding hydrogens is 276 g/mol. The molecule has 116 valence electrons. The summed E-state index contributed by atoms with van der Waals surface area (Å²) in [5.74, 6) is 0.459. The van der Waals surface area contributed by atoms with Crippen LogP contribution in [0.2, 0.25) is 0 Å². The van der Waals surface area contributed by atoms with E-state index in [-0.39, 0.29) is 5.97 Å². The molecule has 1 heterocycles. The number of esters is 1. The molecule has 0 N–H and O–H groups in total. The lowest BCUT2D eigenvalue weighted by atomic mass is 9.93. The summed E-state index contributed by atoms with van der Waals surface area (Å²) in [6.45, 7) is 0.457. The van der Waals surface area contributed by atoms with Gasteiger partial charge in [0.05, 0.1) is 6.08 Å². The van der Waals surface area contributed by atoms with Crippen LogP contribution >= 0.6 is 0 Å². The molecule has 3 nitrogen and oxygen atoms in total. The van der Waals surface area contributed by atoms with Gasteiger partial charge < -0.3 is 9.47 Å². The van der Waals surface area contributed by atoms with Crippen LogP contribution in [0, 0.1) is 0 Å². The van der Waals surface area contributed by atoms with E-state index in [2.05, 4.69) is 0 Å². The minimum Gasteiger partial charge on any atom is -0.489 e. The van der Waals surface area contributed by atoms with Crippen LogP contribution in [-0.4, -0.2) is 18.2 Å². The molecule has 0 saturated heterocycles. The second-order valence-corrected chi connectivity index (χ2v) is 5.96. The molecule has 1 saturated carbocycles. The number of carbonyl (C=O) groups excluding carboxylic acids is 1. The highest BCUT2D eigenvalue weighted by Crippen LogP contribution is 2.40. The topological polar surface area (TPSA) is 35.5 Å². The molecule has 1 aliphatic heterocycles. The SMILES string of the molecule is O=C1C=C(OC/C=C/c2ccccc2)C2(CCCCCC2)O1. The Bertz CT molecular complexity index is 564. The predicted octanol–water partition coefficient (Wildman–Crippen LogP) is 4.25. The molecule has 1 aromatic carbocycles. The van der Waals surface area contributed by atoms with Gasteiger partial charge in [0, 0.05) is 0 Å². The quantitative estimate of drug-likeness (QED) is 0.780. The summed E-state index contributed by atoms with van der Waals surface area (Å²) in [5, 5.41) is 0. The fourth-order valence-corrected chi connectivity index (χ4v) is 3.22. The Labute approximate surface area is 131 Å². The van der Waals surface area contributed by atoms with Crippen molar-refractivity contribution in [1.82, 2.24) is 0 Å². The summed E-state index contributed by atoms with van der Waals surface area (Å²) < 4.78 is 11.5. The van der Waals surface area contributed by atoms with E-state index in [4.69, 9.17) is 9.47 Å². The van der Waals surface area contributed by atoms with Crippen LogP contribution in [0.3, 0.4) is 0 Å². The minimum absolute atomic E-state index is 0.260. The number of benzene rings is 1. The number of hydrogen-bond acceptors (Lipinski definition) is 3. The van der Waals surface area contributed by atoms with Gasteiger partial charge in [0.2, 0.25) is 0 Å². The molecule has 2 aliphatic rings. The number of ether oxygens (including phenoxy) is 2. The van der Waals surface area contributed by atoms with Gasteiger partial charge in [-0.25, -0.2) is 4.79 Å². The normalized spacial score (nSPS) is 20.7. The summed E-state index contributed by atoms with van der Waals surface area (Å²) in [6.07, 6.45) is 11.9. The Morgan fingerprint density at radius 1 is 1.09 bits per heavy atom. The molecule has 0 amide bonds. The number of hydrogen-bond donors (Lipinski definition) is 0. The average molecular weight is 298 g/mol. The Hall–Kier alpha value is -2.03. The van der Waals surface area contributed by atoms with Gasteiger partial charge in [-0.1, -0.05) is 49.2 Å². The molecule has 1 fully saturated rings. The van der Waals surface area contributed by atoms with E-state index in [1.54, 1.807) is 0 Å². The summed E-state index contributed by atoms with van der Waals surface area (Å²) in [4.78, 5) is 11.7. The highest BCUT2D eigenvalue weighted by molar-refractivity contribution is 5.86. The second kappa shape index (κ2) is 6.82. The van der Waals surface area contributed by atoms with E-state index in [9.17, 15) is 4.79 Å². The lowest BCUT2D eigenvalue weighted by molar-refractivity contribution is -0.149. The van der Waals surface area contributed by atoms with Crippen molar-refractivity contribution in [2.24, 2.45) is 0 Å². The van der Waals surface area contributed by atoms with Gasteiger partial charge >= 0.3 is 5.97 Å². The lowest BCUT2D eigenvalue weighted by Gasteiger charge is -2.29. The molecule has 0 unspecified atom stereocenters. The van der Waals surface area contributed by atoms with Crippen LogP contribution in [0.5, 0.6) is 0 Å². The first-order chi connectivity index (χ1) is 10.8. The standard InChI is InChI=1S/C19H22O3/c20-18-15-17(19(22-18)12-6-1-2-7-13-19)21-14-8-11-16-9-4-3-5-10-16/h3-5,8-11,15H,1-2,6-7,12-14H2/b11-8+. The van der Waals surface area contributed by atoms with Crippen molar-refractivity contribution in [2.75, 3.05) is 6.61 Å². The van der Waals surface area contributed by atoms with Gasteiger partial charge in [-0.05, 0) is 37.3 Å². The molecule has 1 spiro atoms. The summed E-state index contributed by atoms with van der Waals surface area (Å²) in [5.41, 5.74) is 0.650. The fourth-order valence-electron chi connectivity index (χ4n) is 3.22. The zero-order valence-electron chi connectivity index (χ0n) is 12.8. The summed E-state index contributed by atoms with van der Waals surface area (Å²) in [7, 11) is 0. The molecule has 3 heteroatoms.